The highest BCUT2D eigenvalue weighted by atomic mass is 79.9. The largest absolute Gasteiger partial charge is 0.356 e. The zero-order valence-corrected chi connectivity index (χ0v) is 14.4. The van der Waals surface area contributed by atoms with Crippen molar-refractivity contribution in [3.63, 3.8) is 0 Å². The Hall–Kier alpha value is -0.830. The normalized spacial score (nSPS) is 11.4. The van der Waals surface area contributed by atoms with Crippen LogP contribution < -0.4 is 5.32 Å². The lowest BCUT2D eigenvalue weighted by molar-refractivity contribution is -0.121. The van der Waals surface area contributed by atoms with Crippen LogP contribution in [0.15, 0.2) is 24.3 Å². The molecule has 1 N–H and O–H groups in total. The molecule has 20 heavy (non-hydrogen) atoms. The summed E-state index contributed by atoms with van der Waals surface area (Å²) >= 11 is 3.57. The van der Waals surface area contributed by atoms with Crippen LogP contribution in [0.4, 0.5) is 0 Å². The second-order valence-electron chi connectivity index (χ2n) is 5.60. The minimum Gasteiger partial charge on any atom is -0.356 e. The molecule has 0 heterocycles. The van der Waals surface area contributed by atoms with Gasteiger partial charge in [0.05, 0.1) is 0 Å². The van der Waals surface area contributed by atoms with E-state index in [9.17, 15) is 4.79 Å². The third-order valence-corrected chi connectivity index (χ3v) is 5.39. The van der Waals surface area contributed by atoms with Crippen molar-refractivity contribution in [3.8, 4) is 0 Å². The zero-order valence-electron chi connectivity index (χ0n) is 12.8. The van der Waals surface area contributed by atoms with Crippen molar-refractivity contribution < 1.29 is 4.79 Å². The molecule has 0 aliphatic heterocycles. The van der Waals surface area contributed by atoms with Gasteiger partial charge >= 0.3 is 0 Å². The number of amides is 1. The van der Waals surface area contributed by atoms with Crippen LogP contribution in [0.5, 0.6) is 0 Å². The Kier molecular flexibility index (Phi) is 7.28. The van der Waals surface area contributed by atoms with Gasteiger partial charge in [-0.15, -0.1) is 0 Å². The van der Waals surface area contributed by atoms with Gasteiger partial charge in [0.25, 0.3) is 0 Å². The fourth-order valence-electron chi connectivity index (χ4n) is 2.12. The van der Waals surface area contributed by atoms with Gasteiger partial charge in [0.1, 0.15) is 0 Å². The summed E-state index contributed by atoms with van der Waals surface area (Å²) in [5.41, 5.74) is 2.68. The first-order chi connectivity index (χ1) is 9.55. The maximum Gasteiger partial charge on any atom is 0.220 e. The van der Waals surface area contributed by atoms with Gasteiger partial charge in [-0.2, -0.15) is 0 Å². The summed E-state index contributed by atoms with van der Waals surface area (Å²) in [5.74, 6) is 0.151. The fourth-order valence-corrected chi connectivity index (χ4v) is 3.11. The Balaban J connectivity index is 2.38. The first kappa shape index (κ1) is 17.2. The van der Waals surface area contributed by atoms with Crippen molar-refractivity contribution in [1.29, 1.82) is 0 Å². The third kappa shape index (κ3) is 5.28. The number of hydrogen-bond donors (Lipinski definition) is 1. The van der Waals surface area contributed by atoms with Crippen molar-refractivity contribution in [2.45, 2.75) is 46.5 Å². The molecule has 2 nitrogen and oxygen atoms in total. The van der Waals surface area contributed by atoms with Crippen molar-refractivity contribution >= 4 is 21.8 Å². The van der Waals surface area contributed by atoms with E-state index >= 15 is 0 Å². The van der Waals surface area contributed by atoms with Crippen LogP contribution in [0.2, 0.25) is 0 Å². The van der Waals surface area contributed by atoms with Crippen LogP contribution >= 0.6 is 15.9 Å². The Morgan fingerprint density at radius 2 is 1.80 bits per heavy atom. The van der Waals surface area contributed by atoms with E-state index in [0.29, 0.717) is 6.42 Å². The Bertz CT molecular complexity index is 401. The molecule has 1 aromatic carbocycles. The summed E-state index contributed by atoms with van der Waals surface area (Å²) in [7, 11) is 0. The van der Waals surface area contributed by atoms with Crippen LogP contribution in [-0.2, 0) is 11.2 Å². The average molecular weight is 340 g/mol. The maximum atomic E-state index is 12.0. The molecule has 0 bridgehead atoms. The lowest BCUT2D eigenvalue weighted by Gasteiger charge is -2.29. The van der Waals surface area contributed by atoms with E-state index in [1.165, 1.54) is 11.1 Å². The van der Waals surface area contributed by atoms with E-state index in [1.807, 2.05) is 0 Å². The van der Waals surface area contributed by atoms with Gasteiger partial charge in [-0.25, -0.2) is 0 Å². The first-order valence-electron chi connectivity index (χ1n) is 7.43. The predicted octanol–water partition coefficient (Wildman–Crippen LogP) is 4.25. The molecule has 0 saturated heterocycles. The molecular formula is C17H26BrNO. The maximum absolute atomic E-state index is 12.0. The smallest absolute Gasteiger partial charge is 0.220 e. The van der Waals surface area contributed by atoms with Crippen LogP contribution in [0.3, 0.4) is 0 Å². The molecule has 1 rings (SSSR count). The Labute approximate surface area is 131 Å². The van der Waals surface area contributed by atoms with Gasteiger partial charge in [-0.05, 0) is 37.2 Å². The number of benzene rings is 1. The number of alkyl halides is 1. The summed E-state index contributed by atoms with van der Waals surface area (Å²) < 4.78 is 0. The molecule has 1 aromatic rings. The highest BCUT2D eigenvalue weighted by molar-refractivity contribution is 9.09. The van der Waals surface area contributed by atoms with Gasteiger partial charge < -0.3 is 5.32 Å². The molecule has 0 spiro atoms. The standard InChI is InChI=1S/C17H26BrNO/c1-4-17(5-2,12-18)13-19-16(20)11-10-15-8-6-14(3)7-9-15/h6-9H,4-5,10-13H2,1-3H3,(H,19,20). The molecule has 0 radical (unpaired) electrons. The molecule has 0 fully saturated rings. The minimum atomic E-state index is 0.151. The topological polar surface area (TPSA) is 29.1 Å². The second-order valence-corrected chi connectivity index (χ2v) is 6.16. The summed E-state index contributed by atoms with van der Waals surface area (Å²) in [6.07, 6.45) is 3.53. The summed E-state index contributed by atoms with van der Waals surface area (Å²) in [6.45, 7) is 7.20. The van der Waals surface area contributed by atoms with E-state index in [-0.39, 0.29) is 11.3 Å². The highest BCUT2D eigenvalue weighted by Gasteiger charge is 2.25. The summed E-state index contributed by atoms with van der Waals surface area (Å²) in [4.78, 5) is 12.0. The van der Waals surface area contributed by atoms with E-state index in [4.69, 9.17) is 0 Å². The Morgan fingerprint density at radius 1 is 1.20 bits per heavy atom. The van der Waals surface area contributed by atoms with E-state index in [2.05, 4.69) is 66.3 Å². The molecular weight excluding hydrogens is 314 g/mol. The highest BCUT2D eigenvalue weighted by Crippen LogP contribution is 2.27. The van der Waals surface area contributed by atoms with Gasteiger partial charge in [-0.1, -0.05) is 59.6 Å². The molecule has 0 aromatic heterocycles. The van der Waals surface area contributed by atoms with Crippen molar-refractivity contribution in [2.75, 3.05) is 11.9 Å². The van der Waals surface area contributed by atoms with Gasteiger partial charge in [0.2, 0.25) is 5.91 Å². The van der Waals surface area contributed by atoms with Crippen LogP contribution in [0.1, 0.15) is 44.2 Å². The SMILES string of the molecule is CCC(CC)(CBr)CNC(=O)CCc1ccc(C)cc1. The van der Waals surface area contributed by atoms with Crippen molar-refractivity contribution in [1.82, 2.24) is 5.32 Å². The number of aryl methyl sites for hydroxylation is 2. The lowest BCUT2D eigenvalue weighted by atomic mass is 9.84. The van der Waals surface area contributed by atoms with E-state index in [1.54, 1.807) is 0 Å². The third-order valence-electron chi connectivity index (χ3n) is 4.21. The van der Waals surface area contributed by atoms with Crippen molar-refractivity contribution in [3.05, 3.63) is 35.4 Å². The van der Waals surface area contributed by atoms with E-state index in [0.717, 1.165) is 31.1 Å². The van der Waals surface area contributed by atoms with Gasteiger partial charge in [0.15, 0.2) is 0 Å². The van der Waals surface area contributed by atoms with E-state index < -0.39 is 0 Å². The first-order valence-corrected chi connectivity index (χ1v) is 8.55. The second kappa shape index (κ2) is 8.46. The van der Waals surface area contributed by atoms with Gasteiger partial charge in [0, 0.05) is 18.3 Å². The minimum absolute atomic E-state index is 0.151. The number of rotatable bonds is 8. The molecule has 0 unspecified atom stereocenters. The van der Waals surface area contributed by atoms with Crippen LogP contribution in [0, 0.1) is 12.3 Å². The average Bonchev–Trinajstić information content (AvgIpc) is 2.48. The molecule has 112 valence electrons. The number of carbonyl (C=O) groups is 1. The fraction of sp³-hybridized carbons (Fsp3) is 0.588. The monoisotopic (exact) mass is 339 g/mol. The summed E-state index contributed by atoms with van der Waals surface area (Å²) in [6, 6.07) is 8.39. The number of hydrogen-bond acceptors (Lipinski definition) is 1. The molecule has 3 heteroatoms. The molecule has 0 atom stereocenters. The van der Waals surface area contributed by atoms with Crippen molar-refractivity contribution in [2.24, 2.45) is 5.41 Å². The van der Waals surface area contributed by atoms with Crippen LogP contribution in [0.25, 0.3) is 0 Å². The quantitative estimate of drug-likeness (QED) is 0.705. The Morgan fingerprint density at radius 3 is 2.30 bits per heavy atom. The molecule has 0 aliphatic rings. The predicted molar refractivity (Wildman–Crippen MR) is 89.3 cm³/mol. The summed E-state index contributed by atoms with van der Waals surface area (Å²) in [5, 5.41) is 4.02. The van der Waals surface area contributed by atoms with Gasteiger partial charge in [-0.3, -0.25) is 4.79 Å². The number of halogens is 1. The molecule has 0 saturated carbocycles. The number of nitrogens with one attached hydrogen (secondary N) is 1. The lowest BCUT2D eigenvalue weighted by Crippen LogP contribution is -2.38. The molecule has 0 aliphatic carbocycles. The van der Waals surface area contributed by atoms with Crippen LogP contribution in [-0.4, -0.2) is 17.8 Å². The zero-order chi connectivity index (χ0) is 15.0. The number of carbonyl (C=O) groups excluding carboxylic acids is 1. The molecule has 1 amide bonds.